The van der Waals surface area contributed by atoms with Crippen LogP contribution >= 0.6 is 38.2 Å². The maximum atomic E-state index is 12.1. The molecule has 4 nitrogen and oxygen atoms in total. The van der Waals surface area contributed by atoms with Gasteiger partial charge in [-0.1, -0.05) is 18.5 Å². The number of hydrogen-bond acceptors (Lipinski definition) is 3. The molecule has 1 aromatic rings. The molecule has 8 heteroatoms. The van der Waals surface area contributed by atoms with Gasteiger partial charge in [-0.2, -0.15) is 0 Å². The van der Waals surface area contributed by atoms with Gasteiger partial charge in [-0.05, 0) is 46.3 Å². The molecule has 1 aliphatic carbocycles. The van der Waals surface area contributed by atoms with Crippen LogP contribution in [0.1, 0.15) is 30.1 Å². The quantitative estimate of drug-likeness (QED) is 0.786. The van der Waals surface area contributed by atoms with Crippen LogP contribution in [-0.4, -0.2) is 20.9 Å². The van der Waals surface area contributed by atoms with Crippen molar-refractivity contribution in [2.24, 2.45) is 5.41 Å². The van der Waals surface area contributed by atoms with E-state index in [2.05, 4.69) is 28.2 Å². The van der Waals surface area contributed by atoms with Gasteiger partial charge in [0.15, 0.2) is 0 Å². The zero-order chi connectivity index (χ0) is 15.1. The van der Waals surface area contributed by atoms with Gasteiger partial charge < -0.3 is 5.32 Å². The van der Waals surface area contributed by atoms with Gasteiger partial charge >= 0.3 is 0 Å². The maximum Gasteiger partial charge on any atom is 0.262 e. The van der Waals surface area contributed by atoms with Gasteiger partial charge in [-0.3, -0.25) is 4.79 Å². The second kappa shape index (κ2) is 5.48. The van der Waals surface area contributed by atoms with Gasteiger partial charge in [-0.15, -0.1) is 0 Å². The average molecular weight is 401 g/mol. The van der Waals surface area contributed by atoms with E-state index in [4.69, 9.17) is 22.3 Å². The Balaban J connectivity index is 2.28. The monoisotopic (exact) mass is 399 g/mol. The van der Waals surface area contributed by atoms with Crippen molar-refractivity contribution in [2.75, 3.05) is 6.54 Å². The van der Waals surface area contributed by atoms with Crippen LogP contribution in [0.5, 0.6) is 0 Å². The summed E-state index contributed by atoms with van der Waals surface area (Å²) < 4.78 is 23.1. The van der Waals surface area contributed by atoms with Gasteiger partial charge in [-0.25, -0.2) is 8.42 Å². The third kappa shape index (κ3) is 3.67. The molecule has 0 aromatic heterocycles. The van der Waals surface area contributed by atoms with Crippen molar-refractivity contribution in [1.82, 2.24) is 5.32 Å². The molecule has 1 aromatic carbocycles. The zero-order valence-electron chi connectivity index (χ0n) is 10.5. The molecular weight excluding hydrogens is 389 g/mol. The van der Waals surface area contributed by atoms with Gasteiger partial charge in [0, 0.05) is 21.7 Å². The van der Waals surface area contributed by atoms with Crippen molar-refractivity contribution < 1.29 is 13.2 Å². The SMILES string of the molecule is CC1(CNC(=O)c2cc(S(=O)(=O)Cl)c(Br)cc2Cl)CC1. The molecule has 1 fully saturated rings. The summed E-state index contributed by atoms with van der Waals surface area (Å²) in [4.78, 5) is 11.9. The normalized spacial score (nSPS) is 16.8. The van der Waals surface area contributed by atoms with Crippen LogP contribution in [0.4, 0.5) is 0 Å². The van der Waals surface area contributed by atoms with Gasteiger partial charge in [0.2, 0.25) is 0 Å². The fourth-order valence-electron chi connectivity index (χ4n) is 1.67. The molecule has 1 saturated carbocycles. The van der Waals surface area contributed by atoms with Crippen LogP contribution < -0.4 is 5.32 Å². The highest BCUT2D eigenvalue weighted by Gasteiger charge is 2.37. The molecular formula is C12H12BrCl2NO3S. The van der Waals surface area contributed by atoms with Gasteiger partial charge in [0.05, 0.1) is 15.5 Å². The maximum absolute atomic E-state index is 12.1. The predicted molar refractivity (Wildman–Crippen MR) is 81.9 cm³/mol. The fraction of sp³-hybridized carbons (Fsp3) is 0.417. The molecule has 1 amide bonds. The van der Waals surface area contributed by atoms with E-state index in [0.29, 0.717) is 6.54 Å². The summed E-state index contributed by atoms with van der Waals surface area (Å²) in [5, 5.41) is 2.93. The topological polar surface area (TPSA) is 63.2 Å². The summed E-state index contributed by atoms with van der Waals surface area (Å²) in [6, 6.07) is 2.53. The minimum absolute atomic E-state index is 0.0957. The van der Waals surface area contributed by atoms with Crippen molar-refractivity contribution in [3.8, 4) is 0 Å². The number of carbonyl (C=O) groups is 1. The lowest BCUT2D eigenvalue weighted by Gasteiger charge is -2.12. The molecule has 0 radical (unpaired) electrons. The Hall–Kier alpha value is -0.300. The Morgan fingerprint density at radius 3 is 2.55 bits per heavy atom. The van der Waals surface area contributed by atoms with Crippen LogP contribution in [0.3, 0.4) is 0 Å². The molecule has 0 aliphatic heterocycles. The first-order valence-electron chi connectivity index (χ1n) is 5.84. The van der Waals surface area contributed by atoms with Crippen LogP contribution in [0.25, 0.3) is 0 Å². The van der Waals surface area contributed by atoms with Crippen LogP contribution in [0.15, 0.2) is 21.5 Å². The zero-order valence-corrected chi connectivity index (χ0v) is 14.5. The Morgan fingerprint density at radius 2 is 2.05 bits per heavy atom. The van der Waals surface area contributed by atoms with Crippen LogP contribution in [-0.2, 0) is 9.05 Å². The Kier molecular flexibility index (Phi) is 4.40. The number of nitrogens with one attached hydrogen (secondary N) is 1. The smallest absolute Gasteiger partial charge is 0.262 e. The first-order chi connectivity index (χ1) is 9.12. The van der Waals surface area contributed by atoms with Gasteiger partial charge in [0.25, 0.3) is 15.0 Å². The van der Waals surface area contributed by atoms with Crippen molar-refractivity contribution in [1.29, 1.82) is 0 Å². The summed E-state index contributed by atoms with van der Waals surface area (Å²) in [5.74, 6) is -0.405. The lowest BCUT2D eigenvalue weighted by atomic mass is 10.1. The standard InChI is InChI=1S/C12H12BrCl2NO3S/c1-12(2-3-12)6-16-11(17)7-4-10(20(15,18)19)8(13)5-9(7)14/h4-5H,2-3,6H2,1H3,(H,16,17). The highest BCUT2D eigenvalue weighted by Crippen LogP contribution is 2.44. The molecule has 1 N–H and O–H groups in total. The van der Waals surface area contributed by atoms with Crippen LogP contribution in [0, 0.1) is 5.41 Å². The molecule has 20 heavy (non-hydrogen) atoms. The molecule has 0 heterocycles. The molecule has 0 unspecified atom stereocenters. The van der Waals surface area contributed by atoms with E-state index in [9.17, 15) is 13.2 Å². The molecule has 110 valence electrons. The van der Waals surface area contributed by atoms with Gasteiger partial charge in [0.1, 0.15) is 0 Å². The second-order valence-corrected chi connectivity index (χ2v) is 8.99. The van der Waals surface area contributed by atoms with E-state index >= 15 is 0 Å². The van der Waals surface area contributed by atoms with Crippen molar-refractivity contribution >= 4 is 53.2 Å². The number of benzene rings is 1. The molecule has 0 bridgehead atoms. The summed E-state index contributed by atoms with van der Waals surface area (Å²) in [6.45, 7) is 2.62. The average Bonchev–Trinajstić information content (AvgIpc) is 3.03. The van der Waals surface area contributed by atoms with E-state index in [0.717, 1.165) is 12.8 Å². The number of halogens is 3. The third-order valence-electron chi connectivity index (χ3n) is 3.31. The largest absolute Gasteiger partial charge is 0.351 e. The Bertz CT molecular complexity index is 672. The van der Waals surface area contributed by atoms with Crippen molar-refractivity contribution in [3.63, 3.8) is 0 Å². The predicted octanol–water partition coefficient (Wildman–Crippen LogP) is 3.56. The number of amides is 1. The summed E-state index contributed by atoms with van der Waals surface area (Å²) in [6.07, 6.45) is 2.14. The van der Waals surface area contributed by atoms with E-state index < -0.39 is 15.0 Å². The third-order valence-corrected chi connectivity index (χ3v) is 5.90. The summed E-state index contributed by atoms with van der Waals surface area (Å²) in [7, 11) is 1.37. The molecule has 0 saturated heterocycles. The van der Waals surface area contributed by atoms with E-state index in [1.165, 1.54) is 12.1 Å². The molecule has 1 aliphatic rings. The van der Waals surface area contributed by atoms with E-state index in [-0.39, 0.29) is 25.4 Å². The van der Waals surface area contributed by atoms with Crippen LogP contribution in [0.2, 0.25) is 5.02 Å². The molecule has 2 rings (SSSR count). The minimum Gasteiger partial charge on any atom is -0.351 e. The Morgan fingerprint density at radius 1 is 1.45 bits per heavy atom. The highest BCUT2D eigenvalue weighted by molar-refractivity contribution is 9.10. The van der Waals surface area contributed by atoms with Crippen molar-refractivity contribution in [3.05, 3.63) is 27.2 Å². The lowest BCUT2D eigenvalue weighted by Crippen LogP contribution is -2.29. The highest BCUT2D eigenvalue weighted by atomic mass is 79.9. The van der Waals surface area contributed by atoms with E-state index in [1.807, 2.05) is 0 Å². The lowest BCUT2D eigenvalue weighted by molar-refractivity contribution is 0.0946. The number of carbonyl (C=O) groups excluding carboxylic acids is 1. The summed E-state index contributed by atoms with van der Waals surface area (Å²) >= 11 is 9.05. The van der Waals surface area contributed by atoms with Crippen molar-refractivity contribution in [2.45, 2.75) is 24.7 Å². The molecule has 0 spiro atoms. The fourth-order valence-corrected chi connectivity index (χ4v) is 4.25. The Labute approximate surface area is 135 Å². The summed E-state index contributed by atoms with van der Waals surface area (Å²) in [5.41, 5.74) is 0.247. The second-order valence-electron chi connectivity index (χ2n) is 5.19. The first-order valence-corrected chi connectivity index (χ1v) is 9.32. The number of rotatable bonds is 4. The molecule has 0 atom stereocenters. The van der Waals surface area contributed by atoms with E-state index in [1.54, 1.807) is 0 Å². The number of hydrogen-bond donors (Lipinski definition) is 1. The minimum atomic E-state index is -3.95. The first kappa shape index (κ1) is 16.1.